The van der Waals surface area contributed by atoms with Crippen molar-refractivity contribution in [2.24, 2.45) is 0 Å². The second-order valence-electron chi connectivity index (χ2n) is 6.90. The molecule has 140 valence electrons. The summed E-state index contributed by atoms with van der Waals surface area (Å²) in [4.78, 5) is 11.3. The number of rotatable bonds is 8. The van der Waals surface area contributed by atoms with Crippen LogP contribution in [0.2, 0.25) is 0 Å². The first-order chi connectivity index (χ1) is 12.7. The van der Waals surface area contributed by atoms with Crippen LogP contribution in [-0.2, 0) is 4.74 Å². The molecule has 26 heavy (non-hydrogen) atoms. The summed E-state index contributed by atoms with van der Waals surface area (Å²) in [5.41, 5.74) is 2.31. The fraction of sp³-hybridized carbons (Fsp3) is 0.500. The SMILES string of the molecule is CC(C)c1cccc(Nc2nccc(NCCCN3CCOCC3)n2)c1. The summed E-state index contributed by atoms with van der Waals surface area (Å²) in [6.07, 6.45) is 2.87. The van der Waals surface area contributed by atoms with E-state index in [1.807, 2.05) is 12.1 Å². The zero-order chi connectivity index (χ0) is 18.2. The van der Waals surface area contributed by atoms with Gasteiger partial charge in [0.15, 0.2) is 0 Å². The molecule has 1 saturated heterocycles. The minimum atomic E-state index is 0.497. The lowest BCUT2D eigenvalue weighted by Crippen LogP contribution is -2.37. The third-order valence-electron chi connectivity index (χ3n) is 4.53. The molecule has 2 aromatic rings. The van der Waals surface area contributed by atoms with Crippen molar-refractivity contribution in [3.05, 3.63) is 42.1 Å². The minimum absolute atomic E-state index is 0.497. The molecule has 0 spiro atoms. The van der Waals surface area contributed by atoms with Crippen molar-refractivity contribution in [2.45, 2.75) is 26.2 Å². The molecule has 6 heteroatoms. The molecule has 0 saturated carbocycles. The van der Waals surface area contributed by atoms with Crippen molar-refractivity contribution < 1.29 is 4.74 Å². The Kier molecular flexibility index (Phi) is 6.80. The van der Waals surface area contributed by atoms with Crippen molar-refractivity contribution >= 4 is 17.5 Å². The maximum Gasteiger partial charge on any atom is 0.229 e. The summed E-state index contributed by atoms with van der Waals surface area (Å²) in [6, 6.07) is 10.3. The summed E-state index contributed by atoms with van der Waals surface area (Å²) in [5.74, 6) is 1.96. The molecule has 1 aliphatic heterocycles. The van der Waals surface area contributed by atoms with Gasteiger partial charge in [-0.3, -0.25) is 4.90 Å². The van der Waals surface area contributed by atoms with Gasteiger partial charge in [0.2, 0.25) is 5.95 Å². The molecule has 0 amide bonds. The van der Waals surface area contributed by atoms with Gasteiger partial charge in [0.05, 0.1) is 13.2 Å². The summed E-state index contributed by atoms with van der Waals surface area (Å²) in [7, 11) is 0. The van der Waals surface area contributed by atoms with Gasteiger partial charge in [0.25, 0.3) is 0 Å². The van der Waals surface area contributed by atoms with Gasteiger partial charge >= 0.3 is 0 Å². The quantitative estimate of drug-likeness (QED) is 0.707. The molecular weight excluding hydrogens is 326 g/mol. The molecule has 1 aromatic heterocycles. The Morgan fingerprint density at radius 1 is 1.19 bits per heavy atom. The van der Waals surface area contributed by atoms with Gasteiger partial charge in [-0.15, -0.1) is 0 Å². The van der Waals surface area contributed by atoms with Gasteiger partial charge in [-0.25, -0.2) is 4.98 Å². The largest absolute Gasteiger partial charge is 0.379 e. The van der Waals surface area contributed by atoms with E-state index in [9.17, 15) is 0 Å². The second-order valence-corrected chi connectivity index (χ2v) is 6.90. The van der Waals surface area contributed by atoms with E-state index in [0.717, 1.165) is 57.3 Å². The molecule has 0 bridgehead atoms. The summed E-state index contributed by atoms with van der Waals surface area (Å²) in [5, 5.41) is 6.69. The molecule has 1 aliphatic rings. The number of morpholine rings is 1. The maximum atomic E-state index is 5.38. The van der Waals surface area contributed by atoms with Crippen LogP contribution < -0.4 is 10.6 Å². The molecule has 3 rings (SSSR count). The molecular formula is C20H29N5O. The number of hydrogen-bond donors (Lipinski definition) is 2. The van der Waals surface area contributed by atoms with E-state index in [1.54, 1.807) is 6.20 Å². The van der Waals surface area contributed by atoms with Gasteiger partial charge in [-0.2, -0.15) is 4.98 Å². The van der Waals surface area contributed by atoms with Crippen LogP contribution >= 0.6 is 0 Å². The van der Waals surface area contributed by atoms with Gasteiger partial charge in [-0.05, 0) is 42.6 Å². The number of benzene rings is 1. The molecule has 0 atom stereocenters. The van der Waals surface area contributed by atoms with E-state index in [0.29, 0.717) is 11.9 Å². The average molecular weight is 355 g/mol. The van der Waals surface area contributed by atoms with Gasteiger partial charge < -0.3 is 15.4 Å². The van der Waals surface area contributed by atoms with Crippen LogP contribution in [0.25, 0.3) is 0 Å². The highest BCUT2D eigenvalue weighted by Crippen LogP contribution is 2.20. The van der Waals surface area contributed by atoms with Crippen LogP contribution in [0.3, 0.4) is 0 Å². The Bertz CT molecular complexity index is 685. The highest BCUT2D eigenvalue weighted by Gasteiger charge is 2.09. The van der Waals surface area contributed by atoms with Crippen molar-refractivity contribution in [2.75, 3.05) is 50.0 Å². The molecule has 2 heterocycles. The standard InChI is InChI=1S/C20H29N5O/c1-16(2)17-5-3-6-18(15-17)23-20-22-9-7-19(24-20)21-8-4-10-25-11-13-26-14-12-25/h3,5-7,9,15-16H,4,8,10-14H2,1-2H3,(H2,21,22,23,24). The van der Waals surface area contributed by atoms with Gasteiger partial charge in [0.1, 0.15) is 5.82 Å². The van der Waals surface area contributed by atoms with Crippen LogP contribution in [0.4, 0.5) is 17.5 Å². The Morgan fingerprint density at radius 2 is 2.04 bits per heavy atom. The van der Waals surface area contributed by atoms with Crippen molar-refractivity contribution in [1.82, 2.24) is 14.9 Å². The number of aromatic nitrogens is 2. The lowest BCUT2D eigenvalue weighted by Gasteiger charge is -2.26. The van der Waals surface area contributed by atoms with Crippen molar-refractivity contribution in [3.8, 4) is 0 Å². The lowest BCUT2D eigenvalue weighted by atomic mass is 10.0. The average Bonchev–Trinajstić information content (AvgIpc) is 2.67. The van der Waals surface area contributed by atoms with E-state index in [4.69, 9.17) is 4.74 Å². The van der Waals surface area contributed by atoms with Crippen LogP contribution in [0.5, 0.6) is 0 Å². The molecule has 0 unspecified atom stereocenters. The smallest absolute Gasteiger partial charge is 0.229 e. The topological polar surface area (TPSA) is 62.3 Å². The first kappa shape index (κ1) is 18.6. The lowest BCUT2D eigenvalue weighted by molar-refractivity contribution is 0.0378. The van der Waals surface area contributed by atoms with E-state index >= 15 is 0 Å². The first-order valence-corrected chi connectivity index (χ1v) is 9.45. The van der Waals surface area contributed by atoms with E-state index in [1.165, 1.54) is 5.56 Å². The first-order valence-electron chi connectivity index (χ1n) is 9.45. The van der Waals surface area contributed by atoms with E-state index in [-0.39, 0.29) is 0 Å². The molecule has 6 nitrogen and oxygen atoms in total. The Balaban J connectivity index is 1.49. The third-order valence-corrected chi connectivity index (χ3v) is 4.53. The number of anilines is 3. The van der Waals surface area contributed by atoms with Crippen molar-refractivity contribution in [1.29, 1.82) is 0 Å². The van der Waals surface area contributed by atoms with Gasteiger partial charge in [-0.1, -0.05) is 26.0 Å². The fourth-order valence-corrected chi connectivity index (χ4v) is 2.97. The molecule has 2 N–H and O–H groups in total. The second kappa shape index (κ2) is 9.50. The molecule has 1 aromatic carbocycles. The number of nitrogens with one attached hydrogen (secondary N) is 2. The third kappa shape index (κ3) is 5.68. The van der Waals surface area contributed by atoms with Gasteiger partial charge in [0, 0.05) is 31.5 Å². The Hall–Kier alpha value is -2.18. The predicted molar refractivity (Wildman–Crippen MR) is 106 cm³/mol. The van der Waals surface area contributed by atoms with E-state index in [2.05, 4.69) is 57.5 Å². The Morgan fingerprint density at radius 3 is 2.85 bits per heavy atom. The predicted octanol–water partition coefficient (Wildman–Crippen LogP) is 3.48. The Labute approximate surface area is 156 Å². The maximum absolute atomic E-state index is 5.38. The van der Waals surface area contributed by atoms with Crippen LogP contribution in [0.15, 0.2) is 36.5 Å². The highest BCUT2D eigenvalue weighted by atomic mass is 16.5. The molecule has 0 radical (unpaired) electrons. The number of nitrogens with zero attached hydrogens (tertiary/aromatic N) is 3. The van der Waals surface area contributed by atoms with Crippen LogP contribution in [0, 0.1) is 0 Å². The van der Waals surface area contributed by atoms with Crippen LogP contribution in [-0.4, -0.2) is 54.3 Å². The zero-order valence-electron chi connectivity index (χ0n) is 15.7. The molecule has 1 fully saturated rings. The number of hydrogen-bond acceptors (Lipinski definition) is 6. The van der Waals surface area contributed by atoms with Crippen molar-refractivity contribution in [3.63, 3.8) is 0 Å². The number of ether oxygens (including phenoxy) is 1. The minimum Gasteiger partial charge on any atom is -0.379 e. The zero-order valence-corrected chi connectivity index (χ0v) is 15.7. The van der Waals surface area contributed by atoms with Crippen LogP contribution in [0.1, 0.15) is 31.7 Å². The fourth-order valence-electron chi connectivity index (χ4n) is 2.97. The summed E-state index contributed by atoms with van der Waals surface area (Å²) in [6.45, 7) is 10.2. The highest BCUT2D eigenvalue weighted by molar-refractivity contribution is 5.56. The summed E-state index contributed by atoms with van der Waals surface area (Å²) >= 11 is 0. The normalized spacial score (nSPS) is 15.2. The van der Waals surface area contributed by atoms with E-state index < -0.39 is 0 Å². The monoisotopic (exact) mass is 355 g/mol. The summed E-state index contributed by atoms with van der Waals surface area (Å²) < 4.78 is 5.38. The molecule has 0 aliphatic carbocycles.